The van der Waals surface area contributed by atoms with Gasteiger partial charge in [-0.3, -0.25) is 4.99 Å². The highest BCUT2D eigenvalue weighted by Crippen LogP contribution is 2.24. The molecular formula is C18H25N3O. The molecule has 0 spiro atoms. The summed E-state index contributed by atoms with van der Waals surface area (Å²) in [5.74, 6) is 0. The fraction of sp³-hybridized carbons (Fsp3) is 0.444. The van der Waals surface area contributed by atoms with E-state index < -0.39 is 0 Å². The Kier molecular flexibility index (Phi) is 5.36. The maximum atomic E-state index is 12.7. The number of carbonyl (C=O) groups is 1. The minimum absolute atomic E-state index is 0.0248. The predicted octanol–water partition coefficient (Wildman–Crippen LogP) is 4.00. The molecule has 1 aliphatic heterocycles. The lowest BCUT2D eigenvalue weighted by Gasteiger charge is -2.40. The molecular weight excluding hydrogens is 274 g/mol. The lowest BCUT2D eigenvalue weighted by molar-refractivity contribution is 0.107. The van der Waals surface area contributed by atoms with Gasteiger partial charge in [-0.1, -0.05) is 30.3 Å². The SMILES string of the molecule is C=NC(=CN(C)C(=O)N1C(C)CCCC1C)c1ccccc1. The maximum Gasteiger partial charge on any atom is 0.324 e. The van der Waals surface area contributed by atoms with Crippen LogP contribution >= 0.6 is 0 Å². The molecule has 0 saturated carbocycles. The molecule has 118 valence electrons. The zero-order valence-electron chi connectivity index (χ0n) is 13.7. The summed E-state index contributed by atoms with van der Waals surface area (Å²) in [7, 11) is 1.78. The Hall–Kier alpha value is -2.10. The van der Waals surface area contributed by atoms with Crippen LogP contribution in [0.4, 0.5) is 4.79 Å². The summed E-state index contributed by atoms with van der Waals surface area (Å²) in [6.45, 7) is 7.86. The summed E-state index contributed by atoms with van der Waals surface area (Å²) >= 11 is 0. The van der Waals surface area contributed by atoms with E-state index in [0.29, 0.717) is 5.70 Å². The summed E-state index contributed by atoms with van der Waals surface area (Å²) < 4.78 is 0. The van der Waals surface area contributed by atoms with Crippen molar-refractivity contribution in [1.82, 2.24) is 9.80 Å². The van der Waals surface area contributed by atoms with E-state index in [-0.39, 0.29) is 18.1 Å². The first-order valence-electron chi connectivity index (χ1n) is 7.83. The average molecular weight is 299 g/mol. The Balaban J connectivity index is 2.19. The molecule has 1 aromatic carbocycles. The van der Waals surface area contributed by atoms with Gasteiger partial charge >= 0.3 is 6.03 Å². The number of amides is 2. The highest BCUT2D eigenvalue weighted by molar-refractivity contribution is 5.79. The molecule has 1 heterocycles. The second-order valence-electron chi connectivity index (χ2n) is 5.97. The van der Waals surface area contributed by atoms with Crippen molar-refractivity contribution < 1.29 is 4.79 Å². The molecule has 2 atom stereocenters. The van der Waals surface area contributed by atoms with Crippen LogP contribution in [0, 0.1) is 0 Å². The second kappa shape index (κ2) is 7.25. The third-order valence-electron chi connectivity index (χ3n) is 4.27. The zero-order chi connectivity index (χ0) is 16.1. The minimum atomic E-state index is 0.0248. The zero-order valence-corrected chi connectivity index (χ0v) is 13.7. The summed E-state index contributed by atoms with van der Waals surface area (Å²) in [6.07, 6.45) is 5.09. The summed E-state index contributed by atoms with van der Waals surface area (Å²) in [6, 6.07) is 10.4. The maximum absolute atomic E-state index is 12.7. The van der Waals surface area contributed by atoms with Gasteiger partial charge < -0.3 is 9.80 Å². The largest absolute Gasteiger partial charge is 0.324 e. The van der Waals surface area contributed by atoms with Gasteiger partial charge in [-0.05, 0) is 39.8 Å². The predicted molar refractivity (Wildman–Crippen MR) is 91.7 cm³/mol. The van der Waals surface area contributed by atoms with E-state index in [0.717, 1.165) is 18.4 Å². The van der Waals surface area contributed by atoms with Crippen LogP contribution in [0.2, 0.25) is 0 Å². The van der Waals surface area contributed by atoms with Crippen molar-refractivity contribution in [3.05, 3.63) is 42.1 Å². The average Bonchev–Trinajstić information content (AvgIpc) is 2.52. The molecule has 0 aliphatic carbocycles. The number of aliphatic imine (C=N–C) groups is 1. The number of hydrogen-bond acceptors (Lipinski definition) is 2. The Morgan fingerprint density at radius 2 is 1.86 bits per heavy atom. The number of benzene rings is 1. The normalized spacial score (nSPS) is 22.3. The molecule has 0 aromatic heterocycles. The van der Waals surface area contributed by atoms with E-state index in [1.165, 1.54) is 6.42 Å². The van der Waals surface area contributed by atoms with Crippen molar-refractivity contribution in [3.63, 3.8) is 0 Å². The van der Waals surface area contributed by atoms with Crippen molar-refractivity contribution in [2.45, 2.75) is 45.2 Å². The van der Waals surface area contributed by atoms with Gasteiger partial charge in [0.25, 0.3) is 0 Å². The quantitative estimate of drug-likeness (QED) is 0.777. The number of hydrogen-bond donors (Lipinski definition) is 0. The van der Waals surface area contributed by atoms with Crippen molar-refractivity contribution in [2.75, 3.05) is 7.05 Å². The van der Waals surface area contributed by atoms with Gasteiger partial charge in [0.1, 0.15) is 0 Å². The summed E-state index contributed by atoms with van der Waals surface area (Å²) in [5.41, 5.74) is 1.66. The molecule has 1 aromatic rings. The van der Waals surface area contributed by atoms with Crippen molar-refractivity contribution in [2.24, 2.45) is 4.99 Å². The van der Waals surface area contributed by atoms with Crippen LogP contribution in [0.5, 0.6) is 0 Å². The topological polar surface area (TPSA) is 35.9 Å². The Labute approximate surface area is 133 Å². The third kappa shape index (κ3) is 3.56. The van der Waals surface area contributed by atoms with Crippen molar-refractivity contribution in [1.29, 1.82) is 0 Å². The molecule has 0 N–H and O–H groups in total. The number of carbonyl (C=O) groups excluding carboxylic acids is 1. The third-order valence-corrected chi connectivity index (χ3v) is 4.27. The number of urea groups is 1. The van der Waals surface area contributed by atoms with E-state index in [2.05, 4.69) is 25.6 Å². The van der Waals surface area contributed by atoms with Gasteiger partial charge in [-0.25, -0.2) is 4.79 Å². The Morgan fingerprint density at radius 3 is 2.41 bits per heavy atom. The lowest BCUT2D eigenvalue weighted by Crippen LogP contribution is -2.51. The van der Waals surface area contributed by atoms with Crippen LogP contribution in [0.1, 0.15) is 38.7 Å². The number of rotatable bonds is 3. The van der Waals surface area contributed by atoms with Gasteiger partial charge in [0, 0.05) is 30.9 Å². The first kappa shape index (κ1) is 16.3. The summed E-state index contributed by atoms with van der Waals surface area (Å²) in [4.78, 5) is 20.4. The number of piperidine rings is 1. The number of likely N-dealkylation sites (tertiary alicyclic amines) is 1. The van der Waals surface area contributed by atoms with Crippen LogP contribution in [0.15, 0.2) is 41.5 Å². The van der Waals surface area contributed by atoms with E-state index in [9.17, 15) is 4.79 Å². The van der Waals surface area contributed by atoms with Crippen LogP contribution in [-0.4, -0.2) is 41.7 Å². The van der Waals surface area contributed by atoms with Crippen LogP contribution in [0.25, 0.3) is 5.70 Å². The van der Waals surface area contributed by atoms with Gasteiger partial charge in [-0.2, -0.15) is 0 Å². The molecule has 2 amide bonds. The van der Waals surface area contributed by atoms with Crippen molar-refractivity contribution in [3.8, 4) is 0 Å². The Bertz CT molecular complexity index is 543. The standard InChI is InChI=1S/C18H25N3O/c1-14-9-8-10-15(2)21(14)18(22)20(4)13-17(19-3)16-11-6-5-7-12-16/h5-7,11-15H,3,8-10H2,1-2,4H3. The molecule has 4 heteroatoms. The molecule has 1 fully saturated rings. The van der Waals surface area contributed by atoms with Gasteiger partial charge in [0.2, 0.25) is 0 Å². The summed E-state index contributed by atoms with van der Waals surface area (Å²) in [5, 5.41) is 0. The second-order valence-corrected chi connectivity index (χ2v) is 5.97. The van der Waals surface area contributed by atoms with E-state index >= 15 is 0 Å². The molecule has 2 unspecified atom stereocenters. The fourth-order valence-electron chi connectivity index (χ4n) is 3.03. The Morgan fingerprint density at radius 1 is 1.27 bits per heavy atom. The van der Waals surface area contributed by atoms with Crippen LogP contribution in [0.3, 0.4) is 0 Å². The lowest BCUT2D eigenvalue weighted by atomic mass is 9.98. The molecule has 2 rings (SSSR count). The minimum Gasteiger partial charge on any atom is -0.319 e. The van der Waals surface area contributed by atoms with E-state index in [1.807, 2.05) is 35.2 Å². The molecule has 22 heavy (non-hydrogen) atoms. The molecule has 1 aliphatic rings. The molecule has 0 bridgehead atoms. The molecule has 0 radical (unpaired) electrons. The monoisotopic (exact) mass is 299 g/mol. The van der Waals surface area contributed by atoms with Crippen molar-refractivity contribution >= 4 is 18.4 Å². The first-order valence-corrected chi connectivity index (χ1v) is 7.83. The fourth-order valence-corrected chi connectivity index (χ4v) is 3.03. The van der Waals surface area contributed by atoms with Crippen LogP contribution < -0.4 is 0 Å². The molecule has 4 nitrogen and oxygen atoms in total. The number of nitrogens with zero attached hydrogens (tertiary/aromatic N) is 3. The highest BCUT2D eigenvalue weighted by Gasteiger charge is 2.30. The highest BCUT2D eigenvalue weighted by atomic mass is 16.2. The van der Waals surface area contributed by atoms with E-state index in [1.54, 1.807) is 18.1 Å². The van der Waals surface area contributed by atoms with Gasteiger partial charge in [-0.15, -0.1) is 0 Å². The van der Waals surface area contributed by atoms with Crippen LogP contribution in [-0.2, 0) is 0 Å². The smallest absolute Gasteiger partial charge is 0.319 e. The van der Waals surface area contributed by atoms with E-state index in [4.69, 9.17) is 0 Å². The molecule has 1 saturated heterocycles. The first-order chi connectivity index (χ1) is 10.5. The van der Waals surface area contributed by atoms with Gasteiger partial charge in [0.15, 0.2) is 0 Å². The van der Waals surface area contributed by atoms with Gasteiger partial charge in [0.05, 0.1) is 5.70 Å².